The molecule has 3 rings (SSSR count). The van der Waals surface area contributed by atoms with Crippen LogP contribution in [-0.4, -0.2) is 76.9 Å². The van der Waals surface area contributed by atoms with Crippen molar-refractivity contribution in [3.63, 3.8) is 0 Å². The van der Waals surface area contributed by atoms with Crippen molar-refractivity contribution in [3.8, 4) is 17.0 Å². The molecule has 9 nitrogen and oxygen atoms in total. The molecule has 0 saturated heterocycles. The molecule has 0 saturated carbocycles. The summed E-state index contributed by atoms with van der Waals surface area (Å²) in [5.41, 5.74) is 1.42. The summed E-state index contributed by atoms with van der Waals surface area (Å²) < 4.78 is 45.3. The number of alkyl halides is 3. The van der Waals surface area contributed by atoms with Crippen molar-refractivity contribution in [2.45, 2.75) is 51.1 Å². The van der Waals surface area contributed by atoms with Crippen molar-refractivity contribution in [1.29, 1.82) is 0 Å². The fourth-order valence-electron chi connectivity index (χ4n) is 4.29. The lowest BCUT2D eigenvalue weighted by molar-refractivity contribution is -0.189. The fraction of sp³-hybridized carbons (Fsp3) is 0.433. The maximum absolute atomic E-state index is 13.1. The molecule has 3 aromatic rings. The zero-order chi connectivity index (χ0) is 32.1. The molecular formula is C30H37ClF3N5O4. The third-order valence-corrected chi connectivity index (χ3v) is 6.75. The number of aromatic nitrogens is 2. The van der Waals surface area contributed by atoms with Gasteiger partial charge in [-0.05, 0) is 65.0 Å². The Kier molecular flexibility index (Phi) is 10.9. The molecule has 0 aliphatic heterocycles. The van der Waals surface area contributed by atoms with Crippen LogP contribution < -0.4 is 15.4 Å². The summed E-state index contributed by atoms with van der Waals surface area (Å²) in [4.78, 5) is 31.7. The molecule has 0 fully saturated rings. The molecule has 0 bridgehead atoms. The highest BCUT2D eigenvalue weighted by Crippen LogP contribution is 2.31. The smallest absolute Gasteiger partial charge is 0.425 e. The standard InChI is InChI=1S/C30H37ClF3N5O4/c1-18(30(32,33)34)43-25-12-11-21(14-23(25)31)27(41)36-22(15-35-26(40)17-38(4)5)13-19-7-9-20(10-8-19)24-16-39(6)28(37-24)29(2,3)42/h7-12,14,16,18,22,42H,13,15,17H2,1-6H3,(H,35,40)(H,36,41). The molecule has 43 heavy (non-hydrogen) atoms. The molecule has 3 N–H and O–H groups in total. The number of amides is 2. The van der Waals surface area contributed by atoms with E-state index in [1.54, 1.807) is 37.4 Å². The average molecular weight is 624 g/mol. The number of carbonyl (C=O) groups is 2. The average Bonchev–Trinajstić information content (AvgIpc) is 3.30. The van der Waals surface area contributed by atoms with Gasteiger partial charge in [0, 0.05) is 30.9 Å². The van der Waals surface area contributed by atoms with Crippen LogP contribution in [0.2, 0.25) is 5.02 Å². The lowest BCUT2D eigenvalue weighted by atomic mass is 10.0. The molecule has 1 heterocycles. The summed E-state index contributed by atoms with van der Waals surface area (Å²) in [5, 5.41) is 15.9. The Morgan fingerprint density at radius 1 is 1.14 bits per heavy atom. The Morgan fingerprint density at radius 2 is 1.79 bits per heavy atom. The molecule has 0 spiro atoms. The Labute approximate surface area is 254 Å². The Morgan fingerprint density at radius 3 is 2.33 bits per heavy atom. The van der Waals surface area contributed by atoms with E-state index in [2.05, 4.69) is 15.6 Å². The number of ether oxygens (including phenoxy) is 1. The van der Waals surface area contributed by atoms with Gasteiger partial charge in [-0.3, -0.25) is 9.59 Å². The van der Waals surface area contributed by atoms with E-state index in [9.17, 15) is 27.9 Å². The molecule has 1 aromatic heterocycles. The molecule has 0 radical (unpaired) electrons. The van der Waals surface area contributed by atoms with Gasteiger partial charge in [-0.15, -0.1) is 0 Å². The van der Waals surface area contributed by atoms with Crippen LogP contribution in [-0.2, 0) is 23.9 Å². The van der Waals surface area contributed by atoms with E-state index in [0.29, 0.717) is 17.9 Å². The van der Waals surface area contributed by atoms with Crippen LogP contribution in [0.15, 0.2) is 48.7 Å². The first-order valence-corrected chi connectivity index (χ1v) is 13.9. The van der Waals surface area contributed by atoms with E-state index in [1.165, 1.54) is 18.2 Å². The monoisotopic (exact) mass is 623 g/mol. The minimum absolute atomic E-state index is 0.120. The van der Waals surface area contributed by atoms with Gasteiger partial charge in [0.25, 0.3) is 5.91 Å². The Hall–Kier alpha value is -3.61. The summed E-state index contributed by atoms with van der Waals surface area (Å²) in [5.74, 6) is -0.412. The second-order valence-corrected chi connectivity index (χ2v) is 11.6. The predicted octanol–water partition coefficient (Wildman–Crippen LogP) is 4.32. The molecule has 0 aliphatic carbocycles. The Bertz CT molecular complexity index is 1420. The van der Waals surface area contributed by atoms with Gasteiger partial charge < -0.3 is 29.9 Å². The molecule has 2 unspecified atom stereocenters. The number of halogens is 4. The molecule has 234 valence electrons. The van der Waals surface area contributed by atoms with E-state index in [0.717, 1.165) is 18.1 Å². The first-order chi connectivity index (χ1) is 19.9. The third kappa shape index (κ3) is 9.70. The normalized spacial score (nSPS) is 13.5. The molecule has 0 aliphatic rings. The fourth-order valence-corrected chi connectivity index (χ4v) is 4.51. The van der Waals surface area contributed by atoms with Crippen molar-refractivity contribution in [2.75, 3.05) is 27.2 Å². The van der Waals surface area contributed by atoms with Crippen molar-refractivity contribution in [2.24, 2.45) is 7.05 Å². The van der Waals surface area contributed by atoms with Crippen LogP contribution in [0.5, 0.6) is 5.75 Å². The predicted molar refractivity (Wildman–Crippen MR) is 158 cm³/mol. The minimum Gasteiger partial charge on any atom is -0.480 e. The maximum Gasteiger partial charge on any atom is 0.425 e. The van der Waals surface area contributed by atoms with Crippen molar-refractivity contribution in [1.82, 2.24) is 25.1 Å². The zero-order valence-electron chi connectivity index (χ0n) is 24.9. The second kappa shape index (κ2) is 13.8. The highest BCUT2D eigenvalue weighted by molar-refractivity contribution is 6.32. The number of nitrogens with one attached hydrogen (secondary N) is 2. The lowest BCUT2D eigenvalue weighted by Crippen LogP contribution is -2.46. The maximum atomic E-state index is 13.1. The number of hydrogen-bond donors (Lipinski definition) is 3. The number of imidazole rings is 1. The third-order valence-electron chi connectivity index (χ3n) is 6.45. The molecule has 2 aromatic carbocycles. The number of benzene rings is 2. The number of likely N-dealkylation sites (N-methyl/N-ethyl adjacent to an activating group) is 1. The number of nitrogens with zero attached hydrogens (tertiary/aromatic N) is 3. The molecule has 13 heteroatoms. The van der Waals surface area contributed by atoms with Gasteiger partial charge in [0.05, 0.1) is 23.3 Å². The topological polar surface area (TPSA) is 109 Å². The van der Waals surface area contributed by atoms with Gasteiger partial charge in [-0.1, -0.05) is 35.9 Å². The van der Waals surface area contributed by atoms with Gasteiger partial charge in [-0.25, -0.2) is 4.98 Å². The van der Waals surface area contributed by atoms with Crippen LogP contribution >= 0.6 is 11.6 Å². The van der Waals surface area contributed by atoms with Crippen molar-refractivity contribution < 1.29 is 32.6 Å². The van der Waals surface area contributed by atoms with Crippen LogP contribution in [0.25, 0.3) is 11.3 Å². The minimum atomic E-state index is -4.57. The van der Waals surface area contributed by atoms with E-state index < -0.39 is 29.8 Å². The van der Waals surface area contributed by atoms with Gasteiger partial charge in [0.15, 0.2) is 6.10 Å². The van der Waals surface area contributed by atoms with E-state index >= 15 is 0 Å². The Balaban J connectivity index is 1.76. The second-order valence-electron chi connectivity index (χ2n) is 11.2. The first-order valence-electron chi connectivity index (χ1n) is 13.5. The van der Waals surface area contributed by atoms with Gasteiger partial charge in [-0.2, -0.15) is 13.2 Å². The number of hydrogen-bond acceptors (Lipinski definition) is 6. The highest BCUT2D eigenvalue weighted by atomic mass is 35.5. The summed E-state index contributed by atoms with van der Waals surface area (Å²) in [6.45, 7) is 4.49. The summed E-state index contributed by atoms with van der Waals surface area (Å²) in [6.07, 6.45) is -4.45. The van der Waals surface area contributed by atoms with E-state index in [4.69, 9.17) is 16.3 Å². The van der Waals surface area contributed by atoms with Crippen molar-refractivity contribution >= 4 is 23.4 Å². The molecule has 2 amide bonds. The largest absolute Gasteiger partial charge is 0.480 e. The van der Waals surface area contributed by atoms with E-state index in [-0.39, 0.29) is 35.3 Å². The van der Waals surface area contributed by atoms with Crippen LogP contribution in [0.4, 0.5) is 13.2 Å². The number of aliphatic hydroxyl groups is 1. The zero-order valence-corrected chi connectivity index (χ0v) is 25.7. The highest BCUT2D eigenvalue weighted by Gasteiger charge is 2.38. The summed E-state index contributed by atoms with van der Waals surface area (Å²) in [6, 6.07) is 10.8. The number of rotatable bonds is 12. The SMILES string of the molecule is CC(Oc1ccc(C(=O)NC(CNC(=O)CN(C)C)Cc2ccc(-c3cn(C)c(C(C)(C)O)n3)cc2)cc1Cl)C(F)(F)F. The van der Waals surface area contributed by atoms with Crippen LogP contribution in [0, 0.1) is 0 Å². The number of aryl methyl sites for hydroxylation is 1. The van der Waals surface area contributed by atoms with E-state index in [1.807, 2.05) is 37.5 Å². The summed E-state index contributed by atoms with van der Waals surface area (Å²) in [7, 11) is 5.34. The molecular weight excluding hydrogens is 587 g/mol. The van der Waals surface area contributed by atoms with Gasteiger partial charge in [0.1, 0.15) is 17.2 Å². The molecule has 2 atom stereocenters. The first kappa shape index (κ1) is 33.9. The summed E-state index contributed by atoms with van der Waals surface area (Å²) >= 11 is 6.13. The van der Waals surface area contributed by atoms with Crippen LogP contribution in [0.3, 0.4) is 0 Å². The lowest BCUT2D eigenvalue weighted by Gasteiger charge is -2.21. The van der Waals surface area contributed by atoms with Crippen LogP contribution in [0.1, 0.15) is 42.5 Å². The quantitative estimate of drug-likeness (QED) is 0.277. The van der Waals surface area contributed by atoms with Crippen molar-refractivity contribution in [3.05, 3.63) is 70.6 Å². The van der Waals surface area contributed by atoms with Gasteiger partial charge in [0.2, 0.25) is 5.91 Å². The van der Waals surface area contributed by atoms with Gasteiger partial charge >= 0.3 is 6.18 Å². The number of carbonyl (C=O) groups excluding carboxylic acids is 2.